The minimum absolute atomic E-state index is 0.298. The van der Waals surface area contributed by atoms with Crippen LogP contribution in [0.15, 0.2) is 72.9 Å². The number of rotatable bonds is 8. The van der Waals surface area contributed by atoms with Gasteiger partial charge in [-0.1, -0.05) is 18.2 Å². The molecule has 0 spiro atoms. The van der Waals surface area contributed by atoms with E-state index in [4.69, 9.17) is 14.2 Å². The van der Waals surface area contributed by atoms with E-state index < -0.39 is 6.09 Å². The van der Waals surface area contributed by atoms with Crippen LogP contribution in [-0.4, -0.2) is 44.4 Å². The number of para-hydroxylation sites is 1. The van der Waals surface area contributed by atoms with Crippen molar-refractivity contribution in [3.05, 3.63) is 84.1 Å². The highest BCUT2D eigenvalue weighted by atomic mass is 16.6. The van der Waals surface area contributed by atoms with E-state index in [0.717, 1.165) is 22.5 Å². The summed E-state index contributed by atoms with van der Waals surface area (Å²) in [7, 11) is 7.05. The first-order chi connectivity index (χ1) is 18.3. The zero-order chi connectivity index (χ0) is 27.2. The highest BCUT2D eigenvalue weighted by molar-refractivity contribution is 5.98. The Morgan fingerprint density at radius 2 is 1.61 bits per heavy atom. The third kappa shape index (κ3) is 5.78. The minimum atomic E-state index is -0.647. The predicted octanol–water partition coefficient (Wildman–Crippen LogP) is 6.26. The molecule has 0 aliphatic carbocycles. The van der Waals surface area contributed by atoms with E-state index in [0.29, 0.717) is 34.7 Å². The molecular weight excluding hydrogens is 482 g/mol. The van der Waals surface area contributed by atoms with Gasteiger partial charge < -0.3 is 24.4 Å². The van der Waals surface area contributed by atoms with Gasteiger partial charge >= 0.3 is 6.09 Å². The molecule has 0 unspecified atom stereocenters. The molecule has 1 heterocycles. The van der Waals surface area contributed by atoms with Crippen molar-refractivity contribution in [1.29, 1.82) is 0 Å². The lowest BCUT2D eigenvalue weighted by Crippen LogP contribution is -2.31. The number of hydrogen-bond donors (Lipinski definition) is 1. The highest BCUT2D eigenvalue weighted by Crippen LogP contribution is 2.37. The largest absolute Gasteiger partial charge is 0.497 e. The molecular formula is C29H31N5O4. The molecule has 3 aromatic carbocycles. The molecule has 1 amide bonds. The topological polar surface area (TPSA) is 89.0 Å². The maximum Gasteiger partial charge on any atom is 0.425 e. The number of methoxy groups -OCH3 is 2. The summed E-state index contributed by atoms with van der Waals surface area (Å²) in [6.45, 7) is 3.78. The Balaban J connectivity index is 1.74. The number of carbonyl (C=O) groups excluding carboxylic acids is 1. The molecule has 9 nitrogen and oxygen atoms in total. The number of aromatic nitrogens is 2. The number of nitrogens with one attached hydrogen (secondary N) is 1. The van der Waals surface area contributed by atoms with Gasteiger partial charge in [0, 0.05) is 43.8 Å². The van der Waals surface area contributed by atoms with Crippen molar-refractivity contribution in [1.82, 2.24) is 9.97 Å². The minimum Gasteiger partial charge on any atom is -0.497 e. The molecule has 0 radical (unpaired) electrons. The number of carbonyl (C=O) groups is 1. The maximum atomic E-state index is 13.7. The quantitative estimate of drug-likeness (QED) is 0.295. The van der Waals surface area contributed by atoms with Crippen LogP contribution in [0.3, 0.4) is 0 Å². The van der Waals surface area contributed by atoms with Gasteiger partial charge in [0.1, 0.15) is 23.1 Å². The molecule has 0 aliphatic heterocycles. The molecule has 0 saturated carbocycles. The first-order valence-electron chi connectivity index (χ1n) is 12.0. The van der Waals surface area contributed by atoms with Gasteiger partial charge in [-0.15, -0.1) is 0 Å². The average molecular weight is 514 g/mol. The van der Waals surface area contributed by atoms with Gasteiger partial charge in [-0.2, -0.15) is 4.98 Å². The number of amides is 1. The molecule has 0 saturated heterocycles. The zero-order valence-corrected chi connectivity index (χ0v) is 22.4. The van der Waals surface area contributed by atoms with Gasteiger partial charge in [0.25, 0.3) is 0 Å². The molecule has 0 bridgehead atoms. The van der Waals surface area contributed by atoms with E-state index in [1.54, 1.807) is 37.6 Å². The van der Waals surface area contributed by atoms with Crippen molar-refractivity contribution in [2.24, 2.45) is 0 Å². The number of aryl methyl sites for hydroxylation is 2. The Hall–Kier alpha value is -4.79. The molecule has 38 heavy (non-hydrogen) atoms. The molecule has 0 fully saturated rings. The SMILES string of the molecule is COc1ccc(N(C(=O)Oc2c(C)cccc2C)c2ccnc(Nc3ccc(N(C)C)cc3)n2)c(OC)c1. The predicted molar refractivity (Wildman–Crippen MR) is 150 cm³/mol. The van der Waals surface area contributed by atoms with Gasteiger partial charge in [0.15, 0.2) is 0 Å². The van der Waals surface area contributed by atoms with Crippen LogP contribution in [0.4, 0.5) is 33.6 Å². The van der Waals surface area contributed by atoms with Gasteiger partial charge in [-0.25, -0.2) is 14.7 Å². The smallest absolute Gasteiger partial charge is 0.425 e. The first kappa shape index (κ1) is 26.3. The summed E-state index contributed by atoms with van der Waals surface area (Å²) in [6, 6.07) is 20.3. The molecule has 0 aliphatic rings. The van der Waals surface area contributed by atoms with Crippen molar-refractivity contribution in [2.45, 2.75) is 13.8 Å². The molecule has 0 atom stereocenters. The lowest BCUT2D eigenvalue weighted by molar-refractivity contribution is 0.209. The number of ether oxygens (including phenoxy) is 3. The fraction of sp³-hybridized carbons (Fsp3) is 0.207. The Labute approximate surface area is 222 Å². The molecule has 9 heteroatoms. The summed E-state index contributed by atoms with van der Waals surface area (Å²) >= 11 is 0. The van der Waals surface area contributed by atoms with Crippen molar-refractivity contribution >= 4 is 34.9 Å². The Morgan fingerprint density at radius 3 is 2.24 bits per heavy atom. The van der Waals surface area contributed by atoms with Crippen LogP contribution in [0.5, 0.6) is 17.2 Å². The summed E-state index contributed by atoms with van der Waals surface area (Å²) in [5.41, 5.74) is 3.98. The normalized spacial score (nSPS) is 10.5. The van der Waals surface area contributed by atoms with Crippen molar-refractivity contribution in [3.8, 4) is 17.2 Å². The summed E-state index contributed by atoms with van der Waals surface area (Å²) in [5.74, 6) is 2.10. The Morgan fingerprint density at radius 1 is 0.895 bits per heavy atom. The maximum absolute atomic E-state index is 13.7. The molecule has 4 rings (SSSR count). The van der Waals surface area contributed by atoms with Gasteiger partial charge in [0.05, 0.1) is 19.9 Å². The third-order valence-corrected chi connectivity index (χ3v) is 5.92. The van der Waals surface area contributed by atoms with Crippen LogP contribution in [0.2, 0.25) is 0 Å². The highest BCUT2D eigenvalue weighted by Gasteiger charge is 2.27. The van der Waals surface area contributed by atoms with Gasteiger partial charge in [0.2, 0.25) is 5.95 Å². The Bertz CT molecular complexity index is 1400. The van der Waals surface area contributed by atoms with Crippen LogP contribution < -0.4 is 29.3 Å². The lowest BCUT2D eigenvalue weighted by Gasteiger charge is -2.24. The van der Waals surface area contributed by atoms with E-state index in [-0.39, 0.29) is 0 Å². The number of nitrogens with zero attached hydrogens (tertiary/aromatic N) is 4. The standard InChI is InChI=1S/C29H31N5O4/c1-19-8-7-9-20(2)27(19)38-29(35)34(24-15-14-23(36-5)18-25(24)37-6)26-16-17-30-28(32-26)31-21-10-12-22(13-11-21)33(3)4/h7-18H,1-6H3,(H,30,31,32). The second-order valence-electron chi connectivity index (χ2n) is 8.77. The first-order valence-corrected chi connectivity index (χ1v) is 12.0. The van der Waals surface area contributed by atoms with Crippen molar-refractivity contribution < 1.29 is 19.0 Å². The summed E-state index contributed by atoms with van der Waals surface area (Å²) in [6.07, 6.45) is 0.930. The monoisotopic (exact) mass is 513 g/mol. The third-order valence-electron chi connectivity index (χ3n) is 5.92. The Kier molecular flexibility index (Phi) is 7.96. The van der Waals surface area contributed by atoms with Crippen molar-refractivity contribution in [3.63, 3.8) is 0 Å². The van der Waals surface area contributed by atoms with Crippen LogP contribution in [0, 0.1) is 13.8 Å². The summed E-state index contributed by atoms with van der Waals surface area (Å²) in [5, 5.41) is 3.20. The van der Waals surface area contributed by atoms with Gasteiger partial charge in [-0.3, -0.25) is 0 Å². The molecule has 1 N–H and O–H groups in total. The van der Waals surface area contributed by atoms with Gasteiger partial charge in [-0.05, 0) is 61.4 Å². The summed E-state index contributed by atoms with van der Waals surface area (Å²) < 4.78 is 16.9. The van der Waals surface area contributed by atoms with Crippen LogP contribution in [0.1, 0.15) is 11.1 Å². The molecule has 4 aromatic rings. The second kappa shape index (κ2) is 11.5. The number of benzene rings is 3. The fourth-order valence-corrected chi connectivity index (χ4v) is 3.88. The van der Waals surface area contributed by atoms with E-state index in [2.05, 4.69) is 15.3 Å². The van der Waals surface area contributed by atoms with Crippen LogP contribution >= 0.6 is 0 Å². The number of hydrogen-bond acceptors (Lipinski definition) is 8. The number of anilines is 5. The fourth-order valence-electron chi connectivity index (χ4n) is 3.88. The zero-order valence-electron chi connectivity index (χ0n) is 22.4. The van der Waals surface area contributed by atoms with E-state index in [1.165, 1.54) is 12.0 Å². The molecule has 196 valence electrons. The second-order valence-corrected chi connectivity index (χ2v) is 8.77. The van der Waals surface area contributed by atoms with Crippen LogP contribution in [0.25, 0.3) is 0 Å². The average Bonchev–Trinajstić information content (AvgIpc) is 2.91. The van der Waals surface area contributed by atoms with Crippen molar-refractivity contribution in [2.75, 3.05) is 43.4 Å². The van der Waals surface area contributed by atoms with E-state index in [1.807, 2.05) is 75.3 Å². The van der Waals surface area contributed by atoms with Crippen LogP contribution in [-0.2, 0) is 0 Å². The lowest BCUT2D eigenvalue weighted by atomic mass is 10.1. The summed E-state index contributed by atoms with van der Waals surface area (Å²) in [4.78, 5) is 26.1. The molecule has 1 aromatic heterocycles. The van der Waals surface area contributed by atoms with E-state index in [9.17, 15) is 4.79 Å². The van der Waals surface area contributed by atoms with E-state index >= 15 is 0 Å².